The Hall–Kier alpha value is -2.07. The van der Waals surface area contributed by atoms with E-state index in [9.17, 15) is 4.39 Å². The van der Waals surface area contributed by atoms with E-state index < -0.39 is 5.82 Å². The lowest BCUT2D eigenvalue weighted by molar-refractivity contribution is 0.409. The maximum absolute atomic E-state index is 13.2. The molecule has 0 aromatic heterocycles. The zero-order valence-corrected chi connectivity index (χ0v) is 8.84. The van der Waals surface area contributed by atoms with Crippen LogP contribution in [0.4, 0.5) is 4.39 Å². The Morgan fingerprint density at radius 3 is 2.20 bits per heavy atom. The first-order chi connectivity index (χ1) is 7.24. The molecule has 0 aliphatic rings. The first-order valence-electron chi connectivity index (χ1n) is 4.41. The summed E-state index contributed by atoms with van der Waals surface area (Å²) in [5, 5.41) is 17.0. The van der Waals surface area contributed by atoms with Crippen LogP contribution in [0.1, 0.15) is 25.0 Å². The molecule has 0 unspecified atom stereocenters. The third-order valence-corrected chi connectivity index (χ3v) is 1.56. The third kappa shape index (κ3) is 2.69. The lowest BCUT2D eigenvalue weighted by Crippen LogP contribution is -1.94. The van der Waals surface area contributed by atoms with E-state index in [-0.39, 0.29) is 16.9 Å². The highest BCUT2D eigenvalue weighted by molar-refractivity contribution is 5.49. The van der Waals surface area contributed by atoms with Crippen LogP contribution in [-0.4, -0.2) is 7.11 Å². The van der Waals surface area contributed by atoms with Crippen LogP contribution in [0.2, 0.25) is 0 Å². The summed E-state index contributed by atoms with van der Waals surface area (Å²) in [6.45, 7) is 4.00. The number of halogens is 1. The molecular weight excluding hydrogens is 195 g/mol. The molecule has 0 amide bonds. The van der Waals surface area contributed by atoms with Gasteiger partial charge in [0.25, 0.3) is 0 Å². The SMILES string of the molecule is CC.COc1ccc(C#N)c(F)c1C#N. The molecule has 0 heterocycles. The monoisotopic (exact) mass is 206 g/mol. The second-order valence-corrected chi connectivity index (χ2v) is 2.23. The van der Waals surface area contributed by atoms with Crippen molar-refractivity contribution in [2.75, 3.05) is 7.11 Å². The molecule has 0 fully saturated rings. The first kappa shape index (κ1) is 12.9. The van der Waals surface area contributed by atoms with E-state index in [1.807, 2.05) is 13.8 Å². The van der Waals surface area contributed by atoms with Gasteiger partial charge in [-0.25, -0.2) is 4.39 Å². The minimum absolute atomic E-state index is 0.138. The third-order valence-electron chi connectivity index (χ3n) is 1.56. The Morgan fingerprint density at radius 1 is 1.20 bits per heavy atom. The molecule has 78 valence electrons. The number of nitriles is 2. The number of hydrogen-bond donors (Lipinski definition) is 0. The normalized spacial score (nSPS) is 7.87. The van der Waals surface area contributed by atoms with Gasteiger partial charge in [-0.1, -0.05) is 13.8 Å². The highest BCUT2D eigenvalue weighted by atomic mass is 19.1. The predicted octanol–water partition coefficient (Wildman–Crippen LogP) is 2.60. The predicted molar refractivity (Wildman–Crippen MR) is 53.7 cm³/mol. The van der Waals surface area contributed by atoms with Crippen molar-refractivity contribution < 1.29 is 9.13 Å². The molecule has 1 aromatic carbocycles. The average molecular weight is 206 g/mol. The van der Waals surface area contributed by atoms with Crippen LogP contribution in [0, 0.1) is 28.5 Å². The van der Waals surface area contributed by atoms with Gasteiger partial charge in [-0.15, -0.1) is 0 Å². The van der Waals surface area contributed by atoms with Crippen molar-refractivity contribution in [1.29, 1.82) is 10.5 Å². The maximum Gasteiger partial charge on any atom is 0.162 e. The minimum atomic E-state index is -0.829. The standard InChI is InChI=1S/C9H5FN2O.C2H6/c1-13-8-3-2-6(4-11)9(10)7(8)5-12;1-2/h2-3H,1H3;1-2H3. The van der Waals surface area contributed by atoms with Crippen LogP contribution in [-0.2, 0) is 0 Å². The highest BCUT2D eigenvalue weighted by Crippen LogP contribution is 2.22. The first-order valence-corrected chi connectivity index (χ1v) is 4.41. The fourth-order valence-electron chi connectivity index (χ4n) is 0.919. The minimum Gasteiger partial charge on any atom is -0.495 e. The molecule has 0 aliphatic carbocycles. The van der Waals surface area contributed by atoms with Gasteiger partial charge in [-0.2, -0.15) is 10.5 Å². The number of benzene rings is 1. The fraction of sp³-hybridized carbons (Fsp3) is 0.273. The Morgan fingerprint density at radius 2 is 1.80 bits per heavy atom. The van der Waals surface area contributed by atoms with Crippen molar-refractivity contribution in [3.8, 4) is 17.9 Å². The largest absolute Gasteiger partial charge is 0.495 e. The second kappa shape index (κ2) is 6.39. The molecule has 0 spiro atoms. The van der Waals surface area contributed by atoms with Crippen LogP contribution in [0.5, 0.6) is 5.75 Å². The van der Waals surface area contributed by atoms with Gasteiger partial charge in [0.1, 0.15) is 23.5 Å². The van der Waals surface area contributed by atoms with Crippen molar-refractivity contribution >= 4 is 0 Å². The van der Waals surface area contributed by atoms with Crippen LogP contribution in [0.15, 0.2) is 12.1 Å². The van der Waals surface area contributed by atoms with Crippen molar-refractivity contribution in [2.24, 2.45) is 0 Å². The van der Waals surface area contributed by atoms with Crippen LogP contribution < -0.4 is 4.74 Å². The Labute approximate surface area is 88.3 Å². The summed E-state index contributed by atoms with van der Waals surface area (Å²) in [6, 6.07) is 5.94. The van der Waals surface area contributed by atoms with E-state index in [1.54, 1.807) is 12.1 Å². The molecule has 0 radical (unpaired) electrons. The van der Waals surface area contributed by atoms with Gasteiger partial charge in [0, 0.05) is 0 Å². The topological polar surface area (TPSA) is 56.8 Å². The van der Waals surface area contributed by atoms with Gasteiger partial charge >= 0.3 is 0 Å². The zero-order valence-electron chi connectivity index (χ0n) is 8.84. The molecule has 0 N–H and O–H groups in total. The Kier molecular flexibility index (Phi) is 5.51. The van der Waals surface area contributed by atoms with Gasteiger partial charge in [-0.3, -0.25) is 0 Å². The molecular formula is C11H11FN2O. The molecule has 0 saturated carbocycles. The van der Waals surface area contributed by atoms with Gasteiger partial charge in [0.15, 0.2) is 5.82 Å². The van der Waals surface area contributed by atoms with Crippen molar-refractivity contribution in [1.82, 2.24) is 0 Å². The van der Waals surface area contributed by atoms with E-state index in [4.69, 9.17) is 15.3 Å². The average Bonchev–Trinajstić information content (AvgIpc) is 2.31. The molecule has 15 heavy (non-hydrogen) atoms. The summed E-state index contributed by atoms with van der Waals surface area (Å²) in [5.41, 5.74) is -0.390. The van der Waals surface area contributed by atoms with Gasteiger partial charge in [0.2, 0.25) is 0 Å². The second-order valence-electron chi connectivity index (χ2n) is 2.23. The van der Waals surface area contributed by atoms with E-state index in [1.165, 1.54) is 19.2 Å². The maximum atomic E-state index is 13.2. The molecule has 1 aromatic rings. The van der Waals surface area contributed by atoms with E-state index >= 15 is 0 Å². The molecule has 0 saturated heterocycles. The molecule has 0 aliphatic heterocycles. The van der Waals surface area contributed by atoms with Gasteiger partial charge < -0.3 is 4.74 Å². The summed E-state index contributed by atoms with van der Waals surface area (Å²) in [5.74, 6) is -0.691. The molecule has 4 heteroatoms. The smallest absolute Gasteiger partial charge is 0.162 e. The van der Waals surface area contributed by atoms with Gasteiger partial charge in [-0.05, 0) is 12.1 Å². The summed E-state index contributed by atoms with van der Waals surface area (Å²) in [6.07, 6.45) is 0. The Balaban J connectivity index is 0.000000921. The van der Waals surface area contributed by atoms with E-state index in [2.05, 4.69) is 0 Å². The van der Waals surface area contributed by atoms with Gasteiger partial charge in [0.05, 0.1) is 12.7 Å². The number of methoxy groups -OCH3 is 1. The fourth-order valence-corrected chi connectivity index (χ4v) is 0.919. The molecule has 0 bridgehead atoms. The lowest BCUT2D eigenvalue weighted by Gasteiger charge is -2.03. The quantitative estimate of drug-likeness (QED) is 0.709. The van der Waals surface area contributed by atoms with Crippen molar-refractivity contribution in [3.63, 3.8) is 0 Å². The summed E-state index contributed by atoms with van der Waals surface area (Å²) < 4.78 is 17.9. The Bertz CT molecular complexity index is 416. The molecule has 1 rings (SSSR count). The summed E-state index contributed by atoms with van der Waals surface area (Å²) in [4.78, 5) is 0. The number of hydrogen-bond acceptors (Lipinski definition) is 3. The lowest BCUT2D eigenvalue weighted by atomic mass is 10.1. The molecule has 3 nitrogen and oxygen atoms in total. The zero-order chi connectivity index (χ0) is 11.8. The summed E-state index contributed by atoms with van der Waals surface area (Å²) >= 11 is 0. The van der Waals surface area contributed by atoms with Crippen LogP contribution >= 0.6 is 0 Å². The van der Waals surface area contributed by atoms with Crippen LogP contribution in [0.3, 0.4) is 0 Å². The van der Waals surface area contributed by atoms with Crippen LogP contribution in [0.25, 0.3) is 0 Å². The van der Waals surface area contributed by atoms with E-state index in [0.717, 1.165) is 0 Å². The number of rotatable bonds is 1. The summed E-state index contributed by atoms with van der Waals surface area (Å²) in [7, 11) is 1.33. The highest BCUT2D eigenvalue weighted by Gasteiger charge is 2.12. The number of ether oxygens (including phenoxy) is 1. The van der Waals surface area contributed by atoms with Crippen molar-refractivity contribution in [3.05, 3.63) is 29.1 Å². The molecule has 0 atom stereocenters. The van der Waals surface area contributed by atoms with Crippen molar-refractivity contribution in [2.45, 2.75) is 13.8 Å². The number of nitrogens with zero attached hydrogens (tertiary/aromatic N) is 2. The van der Waals surface area contributed by atoms with E-state index in [0.29, 0.717) is 0 Å².